The van der Waals surface area contributed by atoms with Crippen LogP contribution >= 0.6 is 0 Å². The van der Waals surface area contributed by atoms with Gasteiger partial charge in [-0.1, -0.05) is 19.9 Å². The van der Waals surface area contributed by atoms with Gasteiger partial charge in [-0.2, -0.15) is 0 Å². The van der Waals surface area contributed by atoms with E-state index in [9.17, 15) is 5.11 Å². The zero-order chi connectivity index (χ0) is 14.3. The van der Waals surface area contributed by atoms with Crippen molar-refractivity contribution in [1.29, 1.82) is 0 Å². The molecule has 0 aliphatic carbocycles. The number of aromatic hydroxyl groups is 1. The molecule has 0 amide bonds. The second-order valence-electron chi connectivity index (χ2n) is 5.13. The van der Waals surface area contributed by atoms with E-state index in [0.29, 0.717) is 11.7 Å². The van der Waals surface area contributed by atoms with E-state index >= 15 is 0 Å². The highest BCUT2D eigenvalue weighted by molar-refractivity contribution is 5.41. The van der Waals surface area contributed by atoms with E-state index < -0.39 is 0 Å². The van der Waals surface area contributed by atoms with E-state index in [4.69, 9.17) is 9.47 Å². The molecule has 19 heavy (non-hydrogen) atoms. The third kappa shape index (κ3) is 5.49. The zero-order valence-electron chi connectivity index (χ0n) is 12.3. The van der Waals surface area contributed by atoms with Crippen LogP contribution in [-0.2, 0) is 11.3 Å². The Morgan fingerprint density at radius 1 is 1.26 bits per heavy atom. The molecule has 1 aromatic rings. The number of hydrogen-bond acceptors (Lipinski definition) is 4. The number of ether oxygens (including phenoxy) is 2. The molecule has 0 saturated carbocycles. The average molecular weight is 267 g/mol. The first-order chi connectivity index (χ1) is 9.06. The molecule has 0 heterocycles. The molecule has 108 valence electrons. The van der Waals surface area contributed by atoms with Gasteiger partial charge in [-0.3, -0.25) is 4.90 Å². The van der Waals surface area contributed by atoms with Crippen LogP contribution in [0, 0.1) is 5.92 Å². The molecule has 1 N–H and O–H groups in total. The van der Waals surface area contributed by atoms with Crippen LogP contribution in [-0.4, -0.2) is 43.9 Å². The molecular weight excluding hydrogens is 242 g/mol. The van der Waals surface area contributed by atoms with E-state index in [2.05, 4.69) is 18.7 Å². The number of phenolic OH excluding ortho intramolecular Hbond substituents is 1. The highest BCUT2D eigenvalue weighted by Crippen LogP contribution is 2.26. The summed E-state index contributed by atoms with van der Waals surface area (Å²) in [6.45, 7) is 7.82. The van der Waals surface area contributed by atoms with Crippen LogP contribution in [0.5, 0.6) is 11.5 Å². The molecule has 0 aliphatic heterocycles. The van der Waals surface area contributed by atoms with Gasteiger partial charge in [0.15, 0.2) is 11.5 Å². The first kappa shape index (κ1) is 15.8. The summed E-state index contributed by atoms with van der Waals surface area (Å²) in [7, 11) is 3.27. The van der Waals surface area contributed by atoms with Crippen molar-refractivity contribution in [3.63, 3.8) is 0 Å². The molecule has 0 spiro atoms. The fraction of sp³-hybridized carbons (Fsp3) is 0.600. The van der Waals surface area contributed by atoms with Gasteiger partial charge in [-0.25, -0.2) is 0 Å². The lowest BCUT2D eigenvalue weighted by molar-refractivity contribution is 0.136. The Hall–Kier alpha value is -1.26. The average Bonchev–Trinajstić information content (AvgIpc) is 2.35. The summed E-state index contributed by atoms with van der Waals surface area (Å²) < 4.78 is 10.2. The summed E-state index contributed by atoms with van der Waals surface area (Å²) in [5.74, 6) is 1.30. The maximum Gasteiger partial charge on any atom is 0.160 e. The maximum atomic E-state index is 9.79. The predicted molar refractivity (Wildman–Crippen MR) is 76.6 cm³/mol. The summed E-state index contributed by atoms with van der Waals surface area (Å²) in [6, 6.07) is 5.55. The fourth-order valence-corrected chi connectivity index (χ4v) is 2.06. The SMILES string of the molecule is COCCN(Cc1ccc(OC)c(O)c1)CC(C)C. The van der Waals surface area contributed by atoms with Gasteiger partial charge in [0.25, 0.3) is 0 Å². The fourth-order valence-electron chi connectivity index (χ4n) is 2.06. The number of benzene rings is 1. The van der Waals surface area contributed by atoms with Crippen LogP contribution in [0.3, 0.4) is 0 Å². The Bertz CT molecular complexity index is 380. The Morgan fingerprint density at radius 2 is 2.00 bits per heavy atom. The van der Waals surface area contributed by atoms with Crippen LogP contribution in [0.4, 0.5) is 0 Å². The molecule has 0 aliphatic rings. The molecule has 0 radical (unpaired) electrons. The van der Waals surface area contributed by atoms with Gasteiger partial charge in [0.05, 0.1) is 13.7 Å². The largest absolute Gasteiger partial charge is 0.504 e. The number of methoxy groups -OCH3 is 2. The Labute approximate surface area is 115 Å². The second kappa shape index (κ2) is 8.02. The molecule has 0 unspecified atom stereocenters. The van der Waals surface area contributed by atoms with E-state index in [1.165, 1.54) is 0 Å². The van der Waals surface area contributed by atoms with Crippen LogP contribution in [0.25, 0.3) is 0 Å². The van der Waals surface area contributed by atoms with Gasteiger partial charge in [-0.05, 0) is 23.6 Å². The van der Waals surface area contributed by atoms with Crippen molar-refractivity contribution in [2.24, 2.45) is 5.92 Å². The number of nitrogens with zero attached hydrogens (tertiary/aromatic N) is 1. The molecule has 4 nitrogen and oxygen atoms in total. The normalized spacial score (nSPS) is 11.3. The summed E-state index contributed by atoms with van der Waals surface area (Å²) in [4.78, 5) is 2.33. The standard InChI is InChI=1S/C15H25NO3/c1-12(2)10-16(7-8-18-3)11-13-5-6-15(19-4)14(17)9-13/h5-6,9,12,17H,7-8,10-11H2,1-4H3. The van der Waals surface area contributed by atoms with Crippen LogP contribution in [0.15, 0.2) is 18.2 Å². The maximum absolute atomic E-state index is 9.79. The Kier molecular flexibility index (Phi) is 6.67. The number of hydrogen-bond donors (Lipinski definition) is 1. The van der Waals surface area contributed by atoms with Gasteiger partial charge in [0.1, 0.15) is 0 Å². The lowest BCUT2D eigenvalue weighted by atomic mass is 10.1. The third-order valence-electron chi connectivity index (χ3n) is 2.88. The smallest absolute Gasteiger partial charge is 0.160 e. The van der Waals surface area contributed by atoms with Crippen molar-refractivity contribution in [1.82, 2.24) is 4.90 Å². The molecule has 1 rings (SSSR count). The number of phenols is 1. The van der Waals surface area contributed by atoms with Gasteiger partial charge >= 0.3 is 0 Å². The summed E-state index contributed by atoms with van der Waals surface area (Å²) in [5, 5.41) is 9.79. The van der Waals surface area contributed by atoms with E-state index in [1.54, 1.807) is 26.4 Å². The molecule has 0 bridgehead atoms. The first-order valence-corrected chi connectivity index (χ1v) is 6.64. The minimum atomic E-state index is 0.191. The summed E-state index contributed by atoms with van der Waals surface area (Å²) in [5.41, 5.74) is 1.08. The molecule has 0 saturated heterocycles. The van der Waals surface area contributed by atoms with E-state index in [1.807, 2.05) is 6.07 Å². The van der Waals surface area contributed by atoms with E-state index in [0.717, 1.165) is 31.8 Å². The van der Waals surface area contributed by atoms with Crippen LogP contribution in [0.1, 0.15) is 19.4 Å². The van der Waals surface area contributed by atoms with Crippen molar-refractivity contribution in [2.75, 3.05) is 33.9 Å². The summed E-state index contributed by atoms with van der Waals surface area (Å²) >= 11 is 0. The highest BCUT2D eigenvalue weighted by Gasteiger charge is 2.10. The predicted octanol–water partition coefficient (Wildman–Crippen LogP) is 2.51. The Balaban J connectivity index is 2.69. The molecule has 1 aromatic carbocycles. The van der Waals surface area contributed by atoms with Gasteiger partial charge in [-0.15, -0.1) is 0 Å². The number of rotatable bonds is 8. The van der Waals surface area contributed by atoms with Crippen LogP contribution in [0.2, 0.25) is 0 Å². The second-order valence-corrected chi connectivity index (χ2v) is 5.13. The van der Waals surface area contributed by atoms with Gasteiger partial charge in [0.2, 0.25) is 0 Å². The zero-order valence-corrected chi connectivity index (χ0v) is 12.3. The quantitative estimate of drug-likeness (QED) is 0.786. The Morgan fingerprint density at radius 3 is 2.53 bits per heavy atom. The van der Waals surface area contributed by atoms with E-state index in [-0.39, 0.29) is 5.75 Å². The minimum absolute atomic E-state index is 0.191. The lowest BCUT2D eigenvalue weighted by Crippen LogP contribution is -2.30. The van der Waals surface area contributed by atoms with Crippen molar-refractivity contribution < 1.29 is 14.6 Å². The van der Waals surface area contributed by atoms with Crippen LogP contribution < -0.4 is 4.74 Å². The molecular formula is C15H25NO3. The first-order valence-electron chi connectivity index (χ1n) is 6.64. The van der Waals surface area contributed by atoms with Gasteiger partial charge in [0, 0.05) is 26.7 Å². The van der Waals surface area contributed by atoms with Crippen molar-refractivity contribution in [3.05, 3.63) is 23.8 Å². The topological polar surface area (TPSA) is 41.9 Å². The summed E-state index contributed by atoms with van der Waals surface area (Å²) in [6.07, 6.45) is 0. The highest BCUT2D eigenvalue weighted by atomic mass is 16.5. The van der Waals surface area contributed by atoms with Crippen molar-refractivity contribution in [3.8, 4) is 11.5 Å². The molecule has 4 heteroatoms. The lowest BCUT2D eigenvalue weighted by Gasteiger charge is -2.24. The minimum Gasteiger partial charge on any atom is -0.504 e. The van der Waals surface area contributed by atoms with Crippen molar-refractivity contribution in [2.45, 2.75) is 20.4 Å². The molecule has 0 aromatic heterocycles. The molecule has 0 atom stereocenters. The monoisotopic (exact) mass is 267 g/mol. The van der Waals surface area contributed by atoms with Gasteiger partial charge < -0.3 is 14.6 Å². The third-order valence-corrected chi connectivity index (χ3v) is 2.88. The molecule has 0 fully saturated rings. The van der Waals surface area contributed by atoms with Crippen molar-refractivity contribution >= 4 is 0 Å².